The fourth-order valence-electron chi connectivity index (χ4n) is 4.19. The number of piperazine rings is 1. The molecule has 176 valence electrons. The van der Waals surface area contributed by atoms with E-state index in [-0.39, 0.29) is 5.91 Å². The number of anilines is 1. The normalized spacial score (nSPS) is 14.0. The molecule has 35 heavy (non-hydrogen) atoms. The molecule has 0 bridgehead atoms. The molecule has 0 aliphatic carbocycles. The molecule has 0 atom stereocenters. The lowest BCUT2D eigenvalue weighted by molar-refractivity contribution is -0.126. The van der Waals surface area contributed by atoms with Gasteiger partial charge in [0.25, 0.3) is 0 Å². The zero-order valence-electron chi connectivity index (χ0n) is 19.8. The standard InChI is InChI=1S/C28H28N6O/c1-22-8-10-24(11-9-22)27-25(21-34(31-27)20-23-6-3-2-4-7-23)12-13-26(35)32-16-18-33(19-17-32)28-29-14-5-15-30-28/h2-15,21H,16-20H2,1H3/b13-12+. The number of carbonyl (C=O) groups is 1. The van der Waals surface area contributed by atoms with Crippen LogP contribution in [0.1, 0.15) is 16.7 Å². The molecule has 1 aliphatic rings. The lowest BCUT2D eigenvalue weighted by Crippen LogP contribution is -2.48. The fraction of sp³-hybridized carbons (Fsp3) is 0.214. The van der Waals surface area contributed by atoms with Crippen LogP contribution in [0.3, 0.4) is 0 Å². The molecule has 2 aromatic carbocycles. The van der Waals surface area contributed by atoms with Gasteiger partial charge in [-0.15, -0.1) is 0 Å². The van der Waals surface area contributed by atoms with E-state index in [1.165, 1.54) is 11.1 Å². The third-order valence-electron chi connectivity index (χ3n) is 6.13. The monoisotopic (exact) mass is 464 g/mol. The second kappa shape index (κ2) is 10.3. The van der Waals surface area contributed by atoms with Crippen LogP contribution in [-0.4, -0.2) is 56.7 Å². The second-order valence-electron chi connectivity index (χ2n) is 8.68. The minimum atomic E-state index is 0.00398. The van der Waals surface area contributed by atoms with E-state index in [0.29, 0.717) is 38.7 Å². The van der Waals surface area contributed by atoms with Crippen LogP contribution in [0.15, 0.2) is 85.3 Å². The predicted molar refractivity (Wildman–Crippen MR) is 138 cm³/mol. The average molecular weight is 465 g/mol. The van der Waals surface area contributed by atoms with Gasteiger partial charge in [0.05, 0.1) is 12.2 Å². The van der Waals surface area contributed by atoms with Gasteiger partial charge in [-0.2, -0.15) is 5.10 Å². The van der Waals surface area contributed by atoms with Gasteiger partial charge in [0.15, 0.2) is 0 Å². The van der Waals surface area contributed by atoms with Gasteiger partial charge in [0.1, 0.15) is 0 Å². The van der Waals surface area contributed by atoms with Crippen molar-refractivity contribution in [2.24, 2.45) is 0 Å². The quantitative estimate of drug-likeness (QED) is 0.403. The highest BCUT2D eigenvalue weighted by molar-refractivity contribution is 5.93. The Balaban J connectivity index is 1.32. The summed E-state index contributed by atoms with van der Waals surface area (Å²) in [5.74, 6) is 0.716. The van der Waals surface area contributed by atoms with Gasteiger partial charge in [-0.3, -0.25) is 9.48 Å². The molecule has 1 amide bonds. The second-order valence-corrected chi connectivity index (χ2v) is 8.68. The van der Waals surface area contributed by atoms with E-state index in [1.807, 2.05) is 40.1 Å². The fourth-order valence-corrected chi connectivity index (χ4v) is 4.19. The van der Waals surface area contributed by atoms with Crippen molar-refractivity contribution in [3.8, 4) is 11.3 Å². The van der Waals surface area contributed by atoms with E-state index in [9.17, 15) is 4.79 Å². The van der Waals surface area contributed by atoms with Crippen molar-refractivity contribution in [3.63, 3.8) is 0 Å². The summed E-state index contributed by atoms with van der Waals surface area (Å²) in [6, 6.07) is 20.4. The molecule has 0 radical (unpaired) electrons. The topological polar surface area (TPSA) is 67.2 Å². The Bertz CT molecular complexity index is 1290. The highest BCUT2D eigenvalue weighted by Crippen LogP contribution is 2.24. The van der Waals surface area contributed by atoms with E-state index in [1.54, 1.807) is 24.5 Å². The zero-order chi connectivity index (χ0) is 24.0. The summed E-state index contributed by atoms with van der Waals surface area (Å²) in [7, 11) is 0. The Morgan fingerprint density at radius 1 is 0.914 bits per heavy atom. The van der Waals surface area contributed by atoms with Crippen molar-refractivity contribution >= 4 is 17.9 Å². The van der Waals surface area contributed by atoms with Crippen molar-refractivity contribution in [2.45, 2.75) is 13.5 Å². The summed E-state index contributed by atoms with van der Waals surface area (Å²) in [5, 5.41) is 4.86. The summed E-state index contributed by atoms with van der Waals surface area (Å²) in [5.41, 5.74) is 5.21. The maximum atomic E-state index is 13.0. The smallest absolute Gasteiger partial charge is 0.246 e. The van der Waals surface area contributed by atoms with Gasteiger partial charge in [-0.25, -0.2) is 9.97 Å². The first-order chi connectivity index (χ1) is 17.2. The Kier molecular flexibility index (Phi) is 6.66. The molecule has 2 aromatic heterocycles. The number of hydrogen-bond donors (Lipinski definition) is 0. The molecule has 1 aliphatic heterocycles. The Hall–Kier alpha value is -4.26. The summed E-state index contributed by atoms with van der Waals surface area (Å²) < 4.78 is 1.94. The van der Waals surface area contributed by atoms with E-state index in [0.717, 1.165) is 16.8 Å². The van der Waals surface area contributed by atoms with Crippen LogP contribution >= 0.6 is 0 Å². The number of hydrogen-bond acceptors (Lipinski definition) is 5. The molecule has 7 nitrogen and oxygen atoms in total. The van der Waals surface area contributed by atoms with E-state index in [2.05, 4.69) is 58.2 Å². The molecular formula is C28H28N6O. The van der Waals surface area contributed by atoms with Crippen molar-refractivity contribution in [1.29, 1.82) is 0 Å². The summed E-state index contributed by atoms with van der Waals surface area (Å²) in [6.07, 6.45) is 9.05. The first-order valence-electron chi connectivity index (χ1n) is 11.8. The number of rotatable bonds is 6. The number of amides is 1. The average Bonchev–Trinajstić information content (AvgIpc) is 3.31. The molecule has 0 saturated carbocycles. The van der Waals surface area contributed by atoms with E-state index >= 15 is 0 Å². The van der Waals surface area contributed by atoms with Crippen molar-refractivity contribution in [2.75, 3.05) is 31.1 Å². The third kappa shape index (κ3) is 5.46. The van der Waals surface area contributed by atoms with Crippen LogP contribution < -0.4 is 4.90 Å². The van der Waals surface area contributed by atoms with Crippen LogP contribution in [0.4, 0.5) is 5.95 Å². The van der Waals surface area contributed by atoms with Crippen molar-refractivity contribution in [1.82, 2.24) is 24.6 Å². The molecule has 1 saturated heterocycles. The molecule has 5 rings (SSSR count). The Morgan fingerprint density at radius 2 is 1.63 bits per heavy atom. The van der Waals surface area contributed by atoms with Crippen LogP contribution in [0.2, 0.25) is 0 Å². The number of aromatic nitrogens is 4. The molecular weight excluding hydrogens is 436 g/mol. The van der Waals surface area contributed by atoms with E-state index in [4.69, 9.17) is 5.10 Å². The van der Waals surface area contributed by atoms with Crippen LogP contribution in [0, 0.1) is 6.92 Å². The van der Waals surface area contributed by atoms with Crippen LogP contribution in [-0.2, 0) is 11.3 Å². The summed E-state index contributed by atoms with van der Waals surface area (Å²) >= 11 is 0. The van der Waals surface area contributed by atoms with Crippen molar-refractivity contribution < 1.29 is 4.79 Å². The lowest BCUT2D eigenvalue weighted by atomic mass is 10.1. The minimum Gasteiger partial charge on any atom is -0.337 e. The van der Waals surface area contributed by atoms with Crippen molar-refractivity contribution in [3.05, 3.63) is 102 Å². The molecule has 1 fully saturated rings. The first-order valence-corrected chi connectivity index (χ1v) is 11.8. The largest absolute Gasteiger partial charge is 0.337 e. The third-order valence-corrected chi connectivity index (χ3v) is 6.13. The van der Waals surface area contributed by atoms with Gasteiger partial charge in [0, 0.05) is 62.0 Å². The van der Waals surface area contributed by atoms with Gasteiger partial charge in [-0.05, 0) is 24.6 Å². The highest BCUT2D eigenvalue weighted by Gasteiger charge is 2.21. The van der Waals surface area contributed by atoms with Gasteiger partial charge >= 0.3 is 0 Å². The summed E-state index contributed by atoms with van der Waals surface area (Å²) in [6.45, 7) is 5.45. The summed E-state index contributed by atoms with van der Waals surface area (Å²) in [4.78, 5) is 25.6. The molecule has 4 aromatic rings. The van der Waals surface area contributed by atoms with Crippen LogP contribution in [0.25, 0.3) is 17.3 Å². The molecule has 0 spiro atoms. The molecule has 0 unspecified atom stereocenters. The Labute approximate surface area is 205 Å². The molecule has 0 N–H and O–H groups in total. The Morgan fingerprint density at radius 3 is 2.34 bits per heavy atom. The number of aryl methyl sites for hydroxylation is 1. The zero-order valence-corrected chi connectivity index (χ0v) is 19.8. The SMILES string of the molecule is Cc1ccc(-c2nn(Cc3ccccc3)cc2/C=C/C(=O)N2CCN(c3ncccn3)CC2)cc1. The van der Waals surface area contributed by atoms with Crippen LogP contribution in [0.5, 0.6) is 0 Å². The first kappa shape index (κ1) is 22.5. The molecule has 3 heterocycles. The van der Waals surface area contributed by atoms with E-state index < -0.39 is 0 Å². The van der Waals surface area contributed by atoms with Gasteiger partial charge in [0.2, 0.25) is 11.9 Å². The minimum absolute atomic E-state index is 0.00398. The predicted octanol–water partition coefficient (Wildman–Crippen LogP) is 4.06. The maximum absolute atomic E-state index is 13.0. The van der Waals surface area contributed by atoms with Gasteiger partial charge in [-0.1, -0.05) is 60.2 Å². The number of nitrogens with zero attached hydrogens (tertiary/aromatic N) is 6. The maximum Gasteiger partial charge on any atom is 0.246 e. The number of benzene rings is 2. The van der Waals surface area contributed by atoms with Gasteiger partial charge < -0.3 is 9.80 Å². The lowest BCUT2D eigenvalue weighted by Gasteiger charge is -2.34. The molecule has 7 heteroatoms. The number of carbonyl (C=O) groups excluding carboxylic acids is 1. The highest BCUT2D eigenvalue weighted by atomic mass is 16.2.